The quantitative estimate of drug-likeness (QED) is 0.0892. The van der Waals surface area contributed by atoms with Crippen LogP contribution in [0.4, 0.5) is 0 Å². The predicted octanol–water partition coefficient (Wildman–Crippen LogP) is 6.96. The molecule has 1 aliphatic carbocycles. The average molecular weight is 559 g/mol. The van der Waals surface area contributed by atoms with Crippen molar-refractivity contribution in [1.82, 2.24) is 0 Å². The third kappa shape index (κ3) is 8.62. The number of allylic oxidation sites excluding steroid dienone is 3. The van der Waals surface area contributed by atoms with Crippen molar-refractivity contribution in [3.05, 3.63) is 83.0 Å². The number of benzene rings is 2. The van der Waals surface area contributed by atoms with E-state index in [-0.39, 0.29) is 36.5 Å². The van der Waals surface area contributed by atoms with Crippen LogP contribution in [0.5, 0.6) is 11.5 Å². The highest BCUT2D eigenvalue weighted by atomic mass is 31.2. The number of esters is 1. The van der Waals surface area contributed by atoms with Crippen LogP contribution in [0.3, 0.4) is 0 Å². The Balaban J connectivity index is 1.90. The molecule has 0 aliphatic heterocycles. The molecule has 39 heavy (non-hydrogen) atoms. The van der Waals surface area contributed by atoms with Crippen molar-refractivity contribution in [2.75, 3.05) is 6.61 Å². The van der Waals surface area contributed by atoms with E-state index in [1.165, 1.54) is 5.57 Å². The Bertz CT molecular complexity index is 1220. The van der Waals surface area contributed by atoms with Crippen LogP contribution in [0.15, 0.2) is 66.3 Å². The van der Waals surface area contributed by atoms with E-state index in [1.807, 2.05) is 26.8 Å². The fourth-order valence-corrected chi connectivity index (χ4v) is 5.52. The van der Waals surface area contributed by atoms with Gasteiger partial charge in [0, 0.05) is 18.1 Å². The molecule has 0 amide bonds. The smallest absolute Gasteiger partial charge is 0.475 e. The fraction of sp³-hybridized carbons (Fsp3) is 0.433. The normalized spacial score (nSPS) is 19.6. The minimum atomic E-state index is -4.70. The summed E-state index contributed by atoms with van der Waals surface area (Å²) >= 11 is 0. The Hall–Kier alpha value is -2.74. The second-order valence-corrected chi connectivity index (χ2v) is 11.3. The van der Waals surface area contributed by atoms with E-state index < -0.39 is 20.1 Å². The van der Waals surface area contributed by atoms with Gasteiger partial charge in [-0.25, -0.2) is 13.9 Å². The van der Waals surface area contributed by atoms with Crippen LogP contribution >= 0.6 is 7.82 Å². The summed E-state index contributed by atoms with van der Waals surface area (Å²) in [6.07, 6.45) is 3.49. The first-order chi connectivity index (χ1) is 18.5. The minimum Gasteiger partial charge on any atom is -0.507 e. The van der Waals surface area contributed by atoms with Gasteiger partial charge in [-0.2, -0.15) is 0 Å². The molecule has 2 aromatic carbocycles. The summed E-state index contributed by atoms with van der Waals surface area (Å²) in [6.45, 7) is 11.6. The summed E-state index contributed by atoms with van der Waals surface area (Å²) in [5, 5.41) is 11.1. The molecule has 0 heterocycles. The highest BCUT2D eigenvalue weighted by molar-refractivity contribution is 7.47. The Morgan fingerprint density at radius 3 is 2.54 bits per heavy atom. The number of phosphoric ester groups is 1. The van der Waals surface area contributed by atoms with Crippen LogP contribution in [0.2, 0.25) is 0 Å². The number of phenols is 1. The van der Waals surface area contributed by atoms with Gasteiger partial charge in [-0.05, 0) is 69.2 Å². The van der Waals surface area contributed by atoms with E-state index in [9.17, 15) is 19.4 Å². The first-order valence-electron chi connectivity index (χ1n) is 13.3. The monoisotopic (exact) mass is 558 g/mol. The summed E-state index contributed by atoms with van der Waals surface area (Å²) in [5.74, 6) is -1.10. The third-order valence-electron chi connectivity index (χ3n) is 6.62. The second-order valence-electron chi connectivity index (χ2n) is 9.85. The number of hydrogen-bond donors (Lipinski definition) is 2. The lowest BCUT2D eigenvalue weighted by atomic mass is 9.73. The summed E-state index contributed by atoms with van der Waals surface area (Å²) < 4.78 is 33.9. The molecular weight excluding hydrogens is 519 g/mol. The number of hydrogen-bond acceptors (Lipinski definition) is 7. The summed E-state index contributed by atoms with van der Waals surface area (Å²) in [7, 11) is -4.70. The van der Waals surface area contributed by atoms with Crippen LogP contribution < -0.4 is 4.74 Å². The van der Waals surface area contributed by atoms with E-state index in [1.54, 1.807) is 43.3 Å². The molecule has 9 heteroatoms. The maximum absolute atomic E-state index is 13.3. The Labute approximate surface area is 230 Å². The SMILES string of the molecule is C=C(C)[C@@H]1CCC(C)=C[C@H]1c1c(O)cc(CCC)cc1OC(=O)C(OCC)OP(=O)(O)OCc1ccccc1. The maximum atomic E-state index is 13.3. The molecule has 4 atom stereocenters. The van der Waals surface area contributed by atoms with E-state index >= 15 is 0 Å². The van der Waals surface area contributed by atoms with Crippen LogP contribution in [0, 0.1) is 5.92 Å². The molecule has 0 bridgehead atoms. The van der Waals surface area contributed by atoms with Gasteiger partial charge in [0.25, 0.3) is 6.29 Å². The van der Waals surface area contributed by atoms with Gasteiger partial charge in [-0.1, -0.05) is 67.5 Å². The molecule has 0 saturated heterocycles. The topological polar surface area (TPSA) is 112 Å². The third-order valence-corrected chi connectivity index (χ3v) is 7.53. The second kappa shape index (κ2) is 14.1. The number of aryl methyl sites for hydroxylation is 1. The number of phosphoric acid groups is 1. The lowest BCUT2D eigenvalue weighted by molar-refractivity contribution is -0.170. The lowest BCUT2D eigenvalue weighted by Gasteiger charge is -2.32. The van der Waals surface area contributed by atoms with Gasteiger partial charge in [0.05, 0.1) is 6.61 Å². The lowest BCUT2D eigenvalue weighted by Crippen LogP contribution is -2.31. The van der Waals surface area contributed by atoms with Crippen molar-refractivity contribution in [3.63, 3.8) is 0 Å². The van der Waals surface area contributed by atoms with Crippen molar-refractivity contribution in [3.8, 4) is 11.5 Å². The molecule has 8 nitrogen and oxygen atoms in total. The number of carbonyl (C=O) groups is 1. The van der Waals surface area contributed by atoms with E-state index in [0.717, 1.165) is 30.4 Å². The molecule has 0 spiro atoms. The number of rotatable bonds is 13. The molecular formula is C30H39O8P. The molecule has 212 valence electrons. The molecule has 0 aromatic heterocycles. The van der Waals surface area contributed by atoms with E-state index in [0.29, 0.717) is 17.5 Å². The summed E-state index contributed by atoms with van der Waals surface area (Å²) in [6, 6.07) is 12.2. The van der Waals surface area contributed by atoms with Crippen molar-refractivity contribution in [2.24, 2.45) is 5.92 Å². The standard InChI is InChI=1S/C30H39O8P/c1-6-11-23-17-26(31)28(25-16-21(5)14-15-24(25)20(3)4)27(18-23)37-29(32)30(35-7-2)38-39(33,34)36-19-22-12-9-8-10-13-22/h8-10,12-13,16-18,24-25,30-31H,3,6-7,11,14-15,19H2,1-2,4-5H3,(H,33,34)/t24-,25+,30?/m0/s1. The van der Waals surface area contributed by atoms with Gasteiger partial charge in [0.2, 0.25) is 0 Å². The number of aromatic hydroxyl groups is 1. The zero-order valence-corrected chi connectivity index (χ0v) is 24.0. The molecule has 0 radical (unpaired) electrons. The first kappa shape index (κ1) is 30.8. The highest BCUT2D eigenvalue weighted by Gasteiger charge is 2.36. The summed E-state index contributed by atoms with van der Waals surface area (Å²) in [5.41, 5.74) is 4.03. The first-order valence-corrected chi connectivity index (χ1v) is 14.8. The van der Waals surface area contributed by atoms with Crippen molar-refractivity contribution in [2.45, 2.75) is 72.2 Å². The Kier molecular flexibility index (Phi) is 11.1. The van der Waals surface area contributed by atoms with Gasteiger partial charge in [-0.15, -0.1) is 0 Å². The van der Waals surface area contributed by atoms with Gasteiger partial charge in [0.15, 0.2) is 0 Å². The highest BCUT2D eigenvalue weighted by Crippen LogP contribution is 2.48. The van der Waals surface area contributed by atoms with Crippen molar-refractivity contribution in [1.29, 1.82) is 0 Å². The average Bonchev–Trinajstić information content (AvgIpc) is 2.87. The fourth-order valence-electron chi connectivity index (χ4n) is 4.76. The molecule has 3 rings (SSSR count). The van der Waals surface area contributed by atoms with Crippen molar-refractivity contribution < 1.29 is 37.9 Å². The van der Waals surface area contributed by atoms with Gasteiger partial charge in [0.1, 0.15) is 11.5 Å². The molecule has 0 saturated carbocycles. The number of carbonyl (C=O) groups excluding carboxylic acids is 1. The zero-order valence-electron chi connectivity index (χ0n) is 23.1. The zero-order chi connectivity index (χ0) is 28.6. The number of ether oxygens (including phenoxy) is 2. The molecule has 2 unspecified atom stereocenters. The van der Waals surface area contributed by atoms with Gasteiger partial charge in [-0.3, -0.25) is 4.52 Å². The van der Waals surface area contributed by atoms with Crippen LogP contribution in [0.25, 0.3) is 0 Å². The molecule has 0 fully saturated rings. The largest absolute Gasteiger partial charge is 0.507 e. The summed E-state index contributed by atoms with van der Waals surface area (Å²) in [4.78, 5) is 23.6. The van der Waals surface area contributed by atoms with Crippen LogP contribution in [-0.4, -0.2) is 28.9 Å². The molecule has 1 aliphatic rings. The minimum absolute atomic E-state index is 0.00865. The van der Waals surface area contributed by atoms with Crippen LogP contribution in [-0.2, 0) is 36.2 Å². The Morgan fingerprint density at radius 1 is 1.18 bits per heavy atom. The van der Waals surface area contributed by atoms with Crippen molar-refractivity contribution >= 4 is 13.8 Å². The Morgan fingerprint density at radius 2 is 1.90 bits per heavy atom. The molecule has 2 N–H and O–H groups in total. The maximum Gasteiger partial charge on any atom is 0.475 e. The van der Waals surface area contributed by atoms with E-state index in [2.05, 4.69) is 12.7 Å². The predicted molar refractivity (Wildman–Crippen MR) is 149 cm³/mol. The van der Waals surface area contributed by atoms with E-state index in [4.69, 9.17) is 18.5 Å². The van der Waals surface area contributed by atoms with Crippen LogP contribution in [0.1, 0.15) is 69.6 Å². The molecule has 2 aromatic rings. The van der Waals surface area contributed by atoms with Gasteiger partial charge < -0.3 is 19.5 Å². The van der Waals surface area contributed by atoms with Gasteiger partial charge >= 0.3 is 13.8 Å². The number of phenolic OH excluding ortho intramolecular Hbond substituents is 1.